The second-order valence-electron chi connectivity index (χ2n) is 4.18. The summed E-state index contributed by atoms with van der Waals surface area (Å²) < 4.78 is 66.9. The molecule has 3 N–H and O–H groups in total. The number of sulfonamides is 1. The molecule has 0 radical (unpaired) electrons. The fourth-order valence-corrected chi connectivity index (χ4v) is 2.73. The normalized spacial score (nSPS) is 11.4. The molecule has 0 atom stereocenters. The average Bonchev–Trinajstić information content (AvgIpc) is 2.43. The first-order chi connectivity index (χ1) is 9.83. The van der Waals surface area contributed by atoms with Gasteiger partial charge in [-0.25, -0.2) is 21.6 Å². The van der Waals surface area contributed by atoms with E-state index in [4.69, 9.17) is 0 Å². The van der Waals surface area contributed by atoms with Gasteiger partial charge < -0.3 is 10.5 Å². The van der Waals surface area contributed by atoms with Gasteiger partial charge in [0.15, 0.2) is 11.6 Å². The predicted molar refractivity (Wildman–Crippen MR) is 69.6 cm³/mol. The lowest BCUT2D eigenvalue weighted by Crippen LogP contribution is -2.47. The Kier molecular flexibility index (Phi) is 4.19. The number of benzene rings is 2. The van der Waals surface area contributed by atoms with Crippen LogP contribution in [0, 0.1) is 17.5 Å². The maximum absolute atomic E-state index is 13.7. The Morgan fingerprint density at radius 2 is 1.62 bits per heavy atom. The molecule has 21 heavy (non-hydrogen) atoms. The van der Waals surface area contributed by atoms with Crippen LogP contribution in [0.3, 0.4) is 0 Å². The minimum Gasteiger partial charge on any atom is -0.573 e. The standard InChI is InChI=1S/C13H10F3N2O2S/c14-10-4-2-9(6-12(10)16)18-21(19,20)13-5-8(7-17)1-3-11(13)15/h1-6H,7,17H2/q-1/p+1. The summed E-state index contributed by atoms with van der Waals surface area (Å²) in [6.07, 6.45) is 0. The largest absolute Gasteiger partial charge is 0.573 e. The van der Waals surface area contributed by atoms with E-state index in [2.05, 4.69) is 10.5 Å². The molecule has 0 saturated heterocycles. The SMILES string of the molecule is [NH3+]Cc1ccc(F)c(S(=O)(=O)[N-]c2ccc(F)c(F)c2)c1. The van der Waals surface area contributed by atoms with Crippen LogP contribution in [0.15, 0.2) is 41.3 Å². The number of nitrogens with zero attached hydrogens (tertiary/aromatic N) is 1. The zero-order chi connectivity index (χ0) is 15.6. The van der Waals surface area contributed by atoms with Crippen LogP contribution in [0.1, 0.15) is 5.56 Å². The van der Waals surface area contributed by atoms with Crippen LogP contribution < -0.4 is 5.73 Å². The van der Waals surface area contributed by atoms with Gasteiger partial charge in [0.25, 0.3) is 0 Å². The summed E-state index contributed by atoms with van der Waals surface area (Å²) >= 11 is 0. The smallest absolute Gasteiger partial charge is 0.158 e. The van der Waals surface area contributed by atoms with Gasteiger partial charge in [0.1, 0.15) is 15.8 Å². The van der Waals surface area contributed by atoms with Gasteiger partial charge in [0, 0.05) is 5.56 Å². The highest BCUT2D eigenvalue weighted by molar-refractivity contribution is 7.94. The van der Waals surface area contributed by atoms with Crippen molar-refractivity contribution in [3.8, 4) is 0 Å². The van der Waals surface area contributed by atoms with Crippen molar-refractivity contribution < 1.29 is 27.3 Å². The first-order valence-corrected chi connectivity index (χ1v) is 7.28. The monoisotopic (exact) mass is 316 g/mol. The Bertz CT molecular complexity index is 779. The van der Waals surface area contributed by atoms with Gasteiger partial charge in [-0.2, -0.15) is 0 Å². The van der Waals surface area contributed by atoms with Gasteiger partial charge in [-0.15, -0.1) is 5.69 Å². The maximum atomic E-state index is 13.7. The highest BCUT2D eigenvalue weighted by atomic mass is 32.2. The summed E-state index contributed by atoms with van der Waals surface area (Å²) in [6, 6.07) is 5.86. The Labute approximate surface area is 119 Å². The van der Waals surface area contributed by atoms with Crippen LogP contribution in [0.25, 0.3) is 4.72 Å². The molecule has 112 valence electrons. The van der Waals surface area contributed by atoms with Crippen LogP contribution >= 0.6 is 0 Å². The van der Waals surface area contributed by atoms with Crippen molar-refractivity contribution in [1.29, 1.82) is 0 Å². The van der Waals surface area contributed by atoms with E-state index in [-0.39, 0.29) is 12.2 Å². The van der Waals surface area contributed by atoms with Gasteiger partial charge in [-0.1, -0.05) is 12.1 Å². The molecule has 4 nitrogen and oxygen atoms in total. The maximum Gasteiger partial charge on any atom is 0.158 e. The average molecular weight is 316 g/mol. The quantitative estimate of drug-likeness (QED) is 0.939. The Balaban J connectivity index is 2.40. The van der Waals surface area contributed by atoms with Crippen LogP contribution in [0.5, 0.6) is 0 Å². The van der Waals surface area contributed by atoms with Crippen molar-refractivity contribution in [1.82, 2.24) is 0 Å². The van der Waals surface area contributed by atoms with E-state index in [1.165, 1.54) is 6.07 Å². The predicted octanol–water partition coefficient (Wildman–Crippen LogP) is 2.24. The number of hydrogen-bond acceptors (Lipinski definition) is 2. The molecule has 0 spiro atoms. The Hall–Kier alpha value is -2.06. The lowest BCUT2D eigenvalue weighted by molar-refractivity contribution is -0.386. The van der Waals surface area contributed by atoms with Crippen LogP contribution in [-0.4, -0.2) is 8.42 Å². The topological polar surface area (TPSA) is 75.9 Å². The van der Waals surface area contributed by atoms with Crippen molar-refractivity contribution in [2.45, 2.75) is 11.4 Å². The fraction of sp³-hybridized carbons (Fsp3) is 0.0769. The molecule has 2 aromatic carbocycles. The number of halogens is 3. The van der Waals surface area contributed by atoms with E-state index < -0.39 is 32.4 Å². The summed E-state index contributed by atoms with van der Waals surface area (Å²) in [6.45, 7) is 0.272. The number of hydrogen-bond donors (Lipinski definition) is 1. The van der Waals surface area contributed by atoms with Gasteiger partial charge in [-0.3, -0.25) is 0 Å². The molecule has 0 bridgehead atoms. The third-order valence-corrected chi connectivity index (χ3v) is 4.01. The van der Waals surface area contributed by atoms with Gasteiger partial charge in [0.05, 0.1) is 11.4 Å². The first kappa shape index (κ1) is 15.3. The lowest BCUT2D eigenvalue weighted by atomic mass is 10.2. The molecule has 0 amide bonds. The Morgan fingerprint density at radius 3 is 2.24 bits per heavy atom. The van der Waals surface area contributed by atoms with Crippen molar-refractivity contribution in [2.75, 3.05) is 0 Å². The van der Waals surface area contributed by atoms with E-state index in [1.54, 1.807) is 0 Å². The minimum absolute atomic E-state index is 0.272. The van der Waals surface area contributed by atoms with Crippen LogP contribution in [0.4, 0.5) is 18.9 Å². The zero-order valence-electron chi connectivity index (χ0n) is 10.7. The molecule has 0 fully saturated rings. The van der Waals surface area contributed by atoms with Crippen molar-refractivity contribution >= 4 is 15.7 Å². The van der Waals surface area contributed by atoms with Crippen LogP contribution in [0.2, 0.25) is 0 Å². The van der Waals surface area contributed by atoms with E-state index in [0.29, 0.717) is 11.6 Å². The second-order valence-corrected chi connectivity index (χ2v) is 5.75. The van der Waals surface area contributed by atoms with E-state index in [0.717, 1.165) is 24.3 Å². The highest BCUT2D eigenvalue weighted by Crippen LogP contribution is 2.30. The van der Waals surface area contributed by atoms with Gasteiger partial charge >= 0.3 is 0 Å². The molecule has 0 unspecified atom stereocenters. The van der Waals surface area contributed by atoms with Crippen molar-refractivity contribution in [3.05, 3.63) is 64.1 Å². The molecular weight excluding hydrogens is 305 g/mol. The lowest BCUT2D eigenvalue weighted by Gasteiger charge is -2.22. The third kappa shape index (κ3) is 3.34. The molecular formula is C13H11F3N2O2S. The van der Waals surface area contributed by atoms with Crippen LogP contribution in [-0.2, 0) is 16.6 Å². The van der Waals surface area contributed by atoms with Crippen molar-refractivity contribution in [3.63, 3.8) is 0 Å². The van der Waals surface area contributed by atoms with E-state index in [9.17, 15) is 21.6 Å². The molecule has 0 aromatic heterocycles. The number of quaternary nitrogens is 1. The second kappa shape index (κ2) is 5.74. The summed E-state index contributed by atoms with van der Waals surface area (Å²) in [4.78, 5) is -0.631. The molecule has 0 saturated carbocycles. The van der Waals surface area contributed by atoms with E-state index in [1.807, 2.05) is 0 Å². The fourth-order valence-electron chi connectivity index (χ4n) is 1.63. The molecule has 8 heteroatoms. The molecule has 2 aromatic rings. The summed E-state index contributed by atoms with van der Waals surface area (Å²) in [7, 11) is -4.37. The molecule has 0 aliphatic heterocycles. The van der Waals surface area contributed by atoms with Gasteiger partial charge in [0.2, 0.25) is 0 Å². The third-order valence-electron chi connectivity index (χ3n) is 2.69. The molecule has 2 rings (SSSR count). The molecule has 0 aliphatic rings. The van der Waals surface area contributed by atoms with Crippen molar-refractivity contribution in [2.24, 2.45) is 0 Å². The molecule has 0 aliphatic carbocycles. The number of rotatable bonds is 4. The summed E-state index contributed by atoms with van der Waals surface area (Å²) in [5, 5.41) is 0. The summed E-state index contributed by atoms with van der Waals surface area (Å²) in [5.74, 6) is -3.34. The zero-order valence-corrected chi connectivity index (χ0v) is 11.5. The highest BCUT2D eigenvalue weighted by Gasteiger charge is 2.13. The molecule has 0 heterocycles. The Morgan fingerprint density at radius 1 is 0.952 bits per heavy atom. The van der Waals surface area contributed by atoms with Gasteiger partial charge in [-0.05, 0) is 24.3 Å². The van der Waals surface area contributed by atoms with E-state index >= 15 is 0 Å². The first-order valence-electron chi connectivity index (χ1n) is 5.84. The minimum atomic E-state index is -4.37. The summed E-state index contributed by atoms with van der Waals surface area (Å²) in [5.41, 5.74) is 3.76.